The molecule has 0 aliphatic rings. The molecule has 1 rings (SSSR count). The zero-order chi connectivity index (χ0) is 19.6. The van der Waals surface area contributed by atoms with Gasteiger partial charge in [0.25, 0.3) is 0 Å². The largest absolute Gasteiger partial charge is 0.328 e. The van der Waals surface area contributed by atoms with Crippen LogP contribution in [0.5, 0.6) is 0 Å². The van der Waals surface area contributed by atoms with Crippen molar-refractivity contribution >= 4 is 12.4 Å². The van der Waals surface area contributed by atoms with Crippen LogP contribution in [0.2, 0.25) is 0 Å². The zero-order valence-corrected chi connectivity index (χ0v) is 19.7. The standard InChI is InChI=1S/C26H47N.ClH/c1-3-4-5-6-7-8-9-10-11-12-13-14-18-21-26(27)23-24(2)22-25-19-16-15-17-20-25;/h15-17,19-20,24,26H,3-14,18,21-23,27H2,1-2H3;1H. The topological polar surface area (TPSA) is 26.0 Å². The third kappa shape index (κ3) is 16.4. The molecule has 0 amide bonds. The van der Waals surface area contributed by atoms with E-state index in [1.165, 1.54) is 95.5 Å². The quantitative estimate of drug-likeness (QED) is 0.241. The average molecular weight is 410 g/mol. The van der Waals surface area contributed by atoms with E-state index in [-0.39, 0.29) is 12.4 Å². The molecular weight excluding hydrogens is 362 g/mol. The summed E-state index contributed by atoms with van der Waals surface area (Å²) in [4.78, 5) is 0. The summed E-state index contributed by atoms with van der Waals surface area (Å²) in [6.07, 6.45) is 22.0. The molecule has 28 heavy (non-hydrogen) atoms. The number of halogens is 1. The number of hydrogen-bond acceptors (Lipinski definition) is 1. The molecule has 164 valence electrons. The van der Waals surface area contributed by atoms with Crippen molar-refractivity contribution in [3.63, 3.8) is 0 Å². The lowest BCUT2D eigenvalue weighted by molar-refractivity contribution is 0.428. The lowest BCUT2D eigenvalue weighted by Crippen LogP contribution is -2.23. The van der Waals surface area contributed by atoms with Crippen LogP contribution in [-0.2, 0) is 6.42 Å². The van der Waals surface area contributed by atoms with Crippen LogP contribution < -0.4 is 5.73 Å². The average Bonchev–Trinajstić information content (AvgIpc) is 2.66. The first kappa shape index (κ1) is 27.5. The van der Waals surface area contributed by atoms with Gasteiger partial charge in [-0.05, 0) is 30.7 Å². The highest BCUT2D eigenvalue weighted by Gasteiger charge is 2.09. The van der Waals surface area contributed by atoms with E-state index < -0.39 is 0 Å². The first-order chi connectivity index (χ1) is 13.2. The monoisotopic (exact) mass is 409 g/mol. The smallest absolute Gasteiger partial charge is 0.00414 e. The number of nitrogens with two attached hydrogens (primary N) is 1. The fourth-order valence-electron chi connectivity index (χ4n) is 4.16. The summed E-state index contributed by atoms with van der Waals surface area (Å²) in [7, 11) is 0. The van der Waals surface area contributed by atoms with E-state index >= 15 is 0 Å². The van der Waals surface area contributed by atoms with Crippen LogP contribution in [-0.4, -0.2) is 6.04 Å². The summed E-state index contributed by atoms with van der Waals surface area (Å²) in [6, 6.07) is 11.2. The maximum atomic E-state index is 6.37. The molecule has 1 aromatic carbocycles. The van der Waals surface area contributed by atoms with E-state index in [9.17, 15) is 0 Å². The van der Waals surface area contributed by atoms with E-state index in [1.807, 2.05) is 0 Å². The summed E-state index contributed by atoms with van der Waals surface area (Å²) >= 11 is 0. The van der Waals surface area contributed by atoms with Gasteiger partial charge in [-0.15, -0.1) is 12.4 Å². The van der Waals surface area contributed by atoms with Gasteiger partial charge in [0.15, 0.2) is 0 Å². The minimum atomic E-state index is 0. The Morgan fingerprint density at radius 3 is 1.68 bits per heavy atom. The minimum absolute atomic E-state index is 0. The highest BCUT2D eigenvalue weighted by Crippen LogP contribution is 2.17. The van der Waals surface area contributed by atoms with Crippen molar-refractivity contribution in [2.75, 3.05) is 0 Å². The molecule has 2 atom stereocenters. The Labute approximate surface area is 182 Å². The first-order valence-corrected chi connectivity index (χ1v) is 12.0. The SMILES string of the molecule is CCCCCCCCCCCCCCCC(N)CC(C)Cc1ccccc1.Cl. The van der Waals surface area contributed by atoms with Gasteiger partial charge in [0.2, 0.25) is 0 Å². The van der Waals surface area contributed by atoms with Gasteiger partial charge < -0.3 is 5.73 Å². The van der Waals surface area contributed by atoms with Gasteiger partial charge in [-0.1, -0.05) is 128 Å². The molecule has 1 nitrogen and oxygen atoms in total. The second kappa shape index (κ2) is 19.8. The van der Waals surface area contributed by atoms with Crippen LogP contribution >= 0.6 is 12.4 Å². The molecule has 2 heteroatoms. The first-order valence-electron chi connectivity index (χ1n) is 12.0. The van der Waals surface area contributed by atoms with Crippen molar-refractivity contribution in [3.8, 4) is 0 Å². The van der Waals surface area contributed by atoms with E-state index in [2.05, 4.69) is 44.2 Å². The van der Waals surface area contributed by atoms with E-state index in [0.29, 0.717) is 12.0 Å². The summed E-state index contributed by atoms with van der Waals surface area (Å²) < 4.78 is 0. The lowest BCUT2D eigenvalue weighted by atomic mass is 9.92. The fraction of sp³-hybridized carbons (Fsp3) is 0.769. The van der Waals surface area contributed by atoms with Crippen LogP contribution in [0.1, 0.15) is 116 Å². The molecule has 0 saturated heterocycles. The highest BCUT2D eigenvalue weighted by molar-refractivity contribution is 5.85. The van der Waals surface area contributed by atoms with Crippen LogP contribution in [0.4, 0.5) is 0 Å². The predicted molar refractivity (Wildman–Crippen MR) is 129 cm³/mol. The molecule has 0 saturated carbocycles. The van der Waals surface area contributed by atoms with Crippen LogP contribution in [0.15, 0.2) is 30.3 Å². The minimum Gasteiger partial charge on any atom is -0.328 e. The van der Waals surface area contributed by atoms with Crippen LogP contribution in [0, 0.1) is 5.92 Å². The highest BCUT2D eigenvalue weighted by atomic mass is 35.5. The summed E-state index contributed by atoms with van der Waals surface area (Å²) in [5.41, 5.74) is 7.81. The Hall–Kier alpha value is -0.530. The Morgan fingerprint density at radius 1 is 0.714 bits per heavy atom. The van der Waals surface area contributed by atoms with E-state index in [0.717, 1.165) is 12.8 Å². The van der Waals surface area contributed by atoms with Crippen molar-refractivity contribution in [2.45, 2.75) is 123 Å². The number of rotatable bonds is 18. The molecule has 0 spiro atoms. The van der Waals surface area contributed by atoms with E-state index in [1.54, 1.807) is 0 Å². The van der Waals surface area contributed by atoms with Gasteiger partial charge in [-0.3, -0.25) is 0 Å². The summed E-state index contributed by atoms with van der Waals surface area (Å²) in [6.45, 7) is 4.64. The van der Waals surface area contributed by atoms with Gasteiger partial charge in [0.1, 0.15) is 0 Å². The van der Waals surface area contributed by atoms with Gasteiger partial charge in [-0.25, -0.2) is 0 Å². The number of unbranched alkanes of at least 4 members (excludes halogenated alkanes) is 12. The Bertz CT molecular complexity index is 420. The molecule has 0 radical (unpaired) electrons. The maximum Gasteiger partial charge on any atom is 0.00414 e. The molecule has 0 heterocycles. The van der Waals surface area contributed by atoms with Crippen molar-refractivity contribution in [1.29, 1.82) is 0 Å². The normalized spacial score (nSPS) is 13.1. The molecule has 0 aliphatic heterocycles. The van der Waals surface area contributed by atoms with Gasteiger partial charge in [-0.2, -0.15) is 0 Å². The Balaban J connectivity index is 0.00000729. The third-order valence-corrected chi connectivity index (χ3v) is 5.81. The lowest BCUT2D eigenvalue weighted by Gasteiger charge is -2.17. The third-order valence-electron chi connectivity index (χ3n) is 5.81. The molecule has 1 aromatic rings. The molecule has 0 bridgehead atoms. The van der Waals surface area contributed by atoms with Crippen LogP contribution in [0.3, 0.4) is 0 Å². The zero-order valence-electron chi connectivity index (χ0n) is 18.8. The van der Waals surface area contributed by atoms with Crippen molar-refractivity contribution in [3.05, 3.63) is 35.9 Å². The van der Waals surface area contributed by atoms with Gasteiger partial charge in [0.05, 0.1) is 0 Å². The predicted octanol–water partition coefficient (Wildman–Crippen LogP) is 8.49. The second-order valence-corrected chi connectivity index (χ2v) is 8.82. The number of hydrogen-bond donors (Lipinski definition) is 1. The number of benzene rings is 1. The van der Waals surface area contributed by atoms with Crippen molar-refractivity contribution in [2.24, 2.45) is 11.7 Å². The summed E-state index contributed by atoms with van der Waals surface area (Å²) in [5.74, 6) is 0.685. The molecule has 2 unspecified atom stereocenters. The molecular formula is C26H48ClN. The van der Waals surface area contributed by atoms with E-state index in [4.69, 9.17) is 5.73 Å². The van der Waals surface area contributed by atoms with Crippen molar-refractivity contribution in [1.82, 2.24) is 0 Å². The van der Waals surface area contributed by atoms with Gasteiger partial charge in [0, 0.05) is 6.04 Å². The fourth-order valence-corrected chi connectivity index (χ4v) is 4.16. The maximum absolute atomic E-state index is 6.37. The van der Waals surface area contributed by atoms with Crippen molar-refractivity contribution < 1.29 is 0 Å². The second-order valence-electron chi connectivity index (χ2n) is 8.82. The molecule has 0 aliphatic carbocycles. The Morgan fingerprint density at radius 2 is 1.18 bits per heavy atom. The van der Waals surface area contributed by atoms with Crippen LogP contribution in [0.25, 0.3) is 0 Å². The molecule has 0 fully saturated rings. The van der Waals surface area contributed by atoms with Gasteiger partial charge >= 0.3 is 0 Å². The molecule has 2 N–H and O–H groups in total. The Kier molecular flexibility index (Phi) is 19.4. The molecule has 0 aromatic heterocycles. The summed E-state index contributed by atoms with van der Waals surface area (Å²) in [5, 5.41) is 0.